The molecule has 0 heterocycles. The van der Waals surface area contributed by atoms with Crippen molar-refractivity contribution in [1.82, 2.24) is 0 Å². The van der Waals surface area contributed by atoms with Crippen molar-refractivity contribution in [2.75, 3.05) is 0 Å². The van der Waals surface area contributed by atoms with Crippen LogP contribution in [0.5, 0.6) is 0 Å². The Labute approximate surface area is 129 Å². The summed E-state index contributed by atoms with van der Waals surface area (Å²) in [4.78, 5) is 0. The summed E-state index contributed by atoms with van der Waals surface area (Å²) >= 11 is 0. The number of aliphatic hydroxyl groups excluding tert-OH is 1. The minimum absolute atomic E-state index is 0.584. The van der Waals surface area contributed by atoms with Crippen LogP contribution in [0.3, 0.4) is 0 Å². The number of halogens is 11. The van der Waals surface area contributed by atoms with Gasteiger partial charge in [0, 0.05) is 12.8 Å². The van der Waals surface area contributed by atoms with Gasteiger partial charge in [-0.05, 0) is 26.2 Å². The van der Waals surface area contributed by atoms with Crippen LogP contribution in [-0.2, 0) is 0 Å². The van der Waals surface area contributed by atoms with E-state index in [-0.39, 0.29) is 0 Å². The van der Waals surface area contributed by atoms with Gasteiger partial charge in [0.1, 0.15) is 0 Å². The average molecular weight is 384 g/mol. The topological polar surface area (TPSA) is 20.2 Å². The highest BCUT2D eigenvalue weighted by Crippen LogP contribution is 2.55. The van der Waals surface area contributed by atoms with Gasteiger partial charge in [0.25, 0.3) is 5.67 Å². The first-order valence-corrected chi connectivity index (χ1v) is 6.63. The third-order valence-corrected chi connectivity index (χ3v) is 3.19. The fourth-order valence-corrected chi connectivity index (χ4v) is 1.96. The van der Waals surface area contributed by atoms with Gasteiger partial charge in [-0.25, -0.2) is 4.39 Å². The molecule has 2 atom stereocenters. The van der Waals surface area contributed by atoms with Crippen molar-refractivity contribution in [3.63, 3.8) is 0 Å². The number of rotatable bonds is 8. The Balaban J connectivity index is 5.43. The number of hydrogen-bond acceptors (Lipinski definition) is 1. The highest BCUT2D eigenvalue weighted by molar-refractivity contribution is 5.06. The quantitative estimate of drug-likeness (QED) is 0.438. The van der Waals surface area contributed by atoms with E-state index >= 15 is 0 Å². The van der Waals surface area contributed by atoms with Gasteiger partial charge in [0.2, 0.25) is 0 Å². The molecular weight excluding hydrogens is 369 g/mol. The van der Waals surface area contributed by atoms with Crippen LogP contribution in [0.2, 0.25) is 0 Å². The molecule has 0 rings (SSSR count). The molecule has 2 unspecified atom stereocenters. The average Bonchev–Trinajstić information content (AvgIpc) is 2.29. The van der Waals surface area contributed by atoms with Crippen LogP contribution in [0, 0.1) is 0 Å². The van der Waals surface area contributed by atoms with Gasteiger partial charge in [-0.3, -0.25) is 0 Å². The lowest BCUT2D eigenvalue weighted by Crippen LogP contribution is -2.63. The Bertz CT molecular complexity index is 399. The maximum absolute atomic E-state index is 13.9. The second-order valence-corrected chi connectivity index (χ2v) is 5.45. The second kappa shape index (κ2) is 7.20. The molecule has 0 aromatic rings. The maximum Gasteiger partial charge on any atom is 0.428 e. The summed E-state index contributed by atoms with van der Waals surface area (Å²) in [5.41, 5.74) is -5.73. The largest absolute Gasteiger partial charge is 0.428 e. The van der Waals surface area contributed by atoms with E-state index < -0.39 is 68.1 Å². The van der Waals surface area contributed by atoms with E-state index in [0.29, 0.717) is 6.92 Å². The summed E-state index contributed by atoms with van der Waals surface area (Å²) < 4.78 is 141. The molecule has 0 amide bonds. The van der Waals surface area contributed by atoms with Crippen molar-refractivity contribution in [2.24, 2.45) is 0 Å². The first-order valence-electron chi connectivity index (χ1n) is 6.63. The molecule has 0 aromatic carbocycles. The molecule has 0 spiro atoms. The maximum atomic E-state index is 13.9. The summed E-state index contributed by atoms with van der Waals surface area (Å²) in [6.45, 7) is 0.584. The molecule has 0 radical (unpaired) electrons. The number of alkyl halides is 11. The Morgan fingerprint density at radius 1 is 0.750 bits per heavy atom. The molecule has 0 fully saturated rings. The van der Waals surface area contributed by atoms with Crippen molar-refractivity contribution in [2.45, 2.75) is 75.0 Å². The predicted octanol–water partition coefficient (Wildman–Crippen LogP) is 5.42. The number of aliphatic hydroxyl groups is 1. The number of hydrogen-bond donors (Lipinski definition) is 1. The zero-order valence-corrected chi connectivity index (χ0v) is 12.2. The van der Waals surface area contributed by atoms with Gasteiger partial charge in [-0.15, -0.1) is 0 Å². The fourth-order valence-electron chi connectivity index (χ4n) is 1.96. The Kier molecular flexibility index (Phi) is 6.96. The van der Waals surface area contributed by atoms with E-state index in [2.05, 4.69) is 0 Å². The summed E-state index contributed by atoms with van der Waals surface area (Å²) in [6.07, 6.45) is -22.0. The van der Waals surface area contributed by atoms with Crippen LogP contribution in [0.1, 0.15) is 39.0 Å². The standard InChI is InChI=1S/C12H15F11O/c1-7(24)6-9(14,15)11(19,20)8(13,12(21,22)23)4-2-3-5-10(16,17)18/h7,24H,2-6H2,1H3. The molecule has 1 N–H and O–H groups in total. The Morgan fingerprint density at radius 3 is 1.50 bits per heavy atom. The van der Waals surface area contributed by atoms with Crippen molar-refractivity contribution in [3.8, 4) is 0 Å². The van der Waals surface area contributed by atoms with Crippen molar-refractivity contribution in [1.29, 1.82) is 0 Å². The lowest BCUT2D eigenvalue weighted by Gasteiger charge is -2.39. The smallest absolute Gasteiger partial charge is 0.393 e. The summed E-state index contributed by atoms with van der Waals surface area (Å²) in [7, 11) is 0. The van der Waals surface area contributed by atoms with E-state index in [9.17, 15) is 48.3 Å². The third kappa shape index (κ3) is 5.35. The van der Waals surface area contributed by atoms with Crippen LogP contribution < -0.4 is 0 Å². The van der Waals surface area contributed by atoms with Crippen LogP contribution >= 0.6 is 0 Å². The lowest BCUT2D eigenvalue weighted by atomic mass is 9.85. The van der Waals surface area contributed by atoms with E-state index in [1.807, 2.05) is 0 Å². The zero-order valence-electron chi connectivity index (χ0n) is 12.2. The second-order valence-electron chi connectivity index (χ2n) is 5.45. The van der Waals surface area contributed by atoms with Crippen molar-refractivity contribution < 1.29 is 53.4 Å². The Hall–Kier alpha value is -0.810. The summed E-state index contributed by atoms with van der Waals surface area (Å²) in [5, 5.41) is 8.68. The summed E-state index contributed by atoms with van der Waals surface area (Å²) in [6, 6.07) is 0. The number of unbranched alkanes of at least 4 members (excludes halogenated alkanes) is 1. The molecule has 146 valence electrons. The summed E-state index contributed by atoms with van der Waals surface area (Å²) in [5.74, 6) is -11.8. The van der Waals surface area contributed by atoms with Gasteiger partial charge in [0.05, 0.1) is 6.10 Å². The molecule has 1 nitrogen and oxygen atoms in total. The minimum atomic E-state index is -6.45. The molecule has 0 aliphatic rings. The van der Waals surface area contributed by atoms with Crippen LogP contribution in [0.25, 0.3) is 0 Å². The molecule has 24 heavy (non-hydrogen) atoms. The van der Waals surface area contributed by atoms with Gasteiger partial charge in [0.15, 0.2) is 0 Å². The highest BCUT2D eigenvalue weighted by Gasteiger charge is 2.79. The van der Waals surface area contributed by atoms with Gasteiger partial charge in [-0.2, -0.15) is 43.9 Å². The highest BCUT2D eigenvalue weighted by atomic mass is 19.4. The van der Waals surface area contributed by atoms with E-state index in [1.54, 1.807) is 0 Å². The van der Waals surface area contributed by atoms with E-state index in [4.69, 9.17) is 5.11 Å². The van der Waals surface area contributed by atoms with Gasteiger partial charge >= 0.3 is 24.2 Å². The monoisotopic (exact) mass is 384 g/mol. The van der Waals surface area contributed by atoms with E-state index in [1.165, 1.54) is 0 Å². The minimum Gasteiger partial charge on any atom is -0.393 e. The first kappa shape index (κ1) is 23.2. The molecular formula is C12H15F11O. The SMILES string of the molecule is CC(O)CC(F)(F)C(F)(F)C(F)(CCCCC(F)(F)F)C(F)(F)F. The molecule has 12 heteroatoms. The Morgan fingerprint density at radius 2 is 1.17 bits per heavy atom. The molecule has 0 aromatic heterocycles. The normalized spacial score (nSPS) is 18.4. The molecule has 0 saturated heterocycles. The molecule has 0 bridgehead atoms. The fraction of sp³-hybridized carbons (Fsp3) is 1.00. The first-order chi connectivity index (χ1) is 10.4. The lowest BCUT2D eigenvalue weighted by molar-refractivity contribution is -0.358. The predicted molar refractivity (Wildman–Crippen MR) is 60.6 cm³/mol. The molecule has 0 saturated carbocycles. The van der Waals surface area contributed by atoms with Crippen LogP contribution in [-0.4, -0.2) is 41.1 Å². The van der Waals surface area contributed by atoms with Crippen molar-refractivity contribution in [3.05, 3.63) is 0 Å². The molecule has 0 aliphatic heterocycles. The van der Waals surface area contributed by atoms with Gasteiger partial charge in [-0.1, -0.05) is 0 Å². The molecule has 0 aliphatic carbocycles. The third-order valence-electron chi connectivity index (χ3n) is 3.19. The zero-order chi connectivity index (χ0) is 19.6. The van der Waals surface area contributed by atoms with Gasteiger partial charge < -0.3 is 5.11 Å². The van der Waals surface area contributed by atoms with Crippen LogP contribution in [0.15, 0.2) is 0 Å². The van der Waals surface area contributed by atoms with Crippen molar-refractivity contribution >= 4 is 0 Å². The van der Waals surface area contributed by atoms with Crippen LogP contribution in [0.4, 0.5) is 48.3 Å². The van der Waals surface area contributed by atoms with E-state index in [0.717, 1.165) is 0 Å².